The molecule has 3 unspecified atom stereocenters. The van der Waals surface area contributed by atoms with Crippen LogP contribution in [0.5, 0.6) is 0 Å². The van der Waals surface area contributed by atoms with Gasteiger partial charge in [0, 0.05) is 6.42 Å². The zero-order valence-electron chi connectivity index (χ0n) is 31.5. The van der Waals surface area contributed by atoms with Gasteiger partial charge in [-0.2, -0.15) is 0 Å². The fourth-order valence-corrected chi connectivity index (χ4v) is 5.62. The van der Waals surface area contributed by atoms with E-state index in [9.17, 15) is 19.4 Å². The summed E-state index contributed by atoms with van der Waals surface area (Å²) in [5.74, 6) is -0.206. The first kappa shape index (κ1) is 46.5. The normalized spacial score (nSPS) is 15.2. The maximum Gasteiger partial charge on any atom is 0.472 e. The topological polar surface area (TPSA) is 105 Å². The van der Waals surface area contributed by atoms with Gasteiger partial charge < -0.3 is 19.8 Å². The molecular formula is C39H74N2O6P+. The van der Waals surface area contributed by atoms with Crippen LogP contribution in [0.4, 0.5) is 0 Å². The van der Waals surface area contributed by atoms with E-state index in [0.717, 1.165) is 57.8 Å². The van der Waals surface area contributed by atoms with Crippen molar-refractivity contribution in [2.45, 2.75) is 154 Å². The van der Waals surface area contributed by atoms with Crippen molar-refractivity contribution in [3.05, 3.63) is 48.6 Å². The first-order valence-electron chi connectivity index (χ1n) is 19.0. The lowest BCUT2D eigenvalue weighted by atomic mass is 10.1. The molecule has 0 aliphatic rings. The van der Waals surface area contributed by atoms with E-state index in [4.69, 9.17) is 9.05 Å². The monoisotopic (exact) mass is 698 g/mol. The van der Waals surface area contributed by atoms with Gasteiger partial charge in [0.15, 0.2) is 0 Å². The van der Waals surface area contributed by atoms with Crippen LogP contribution >= 0.6 is 7.82 Å². The number of phosphoric ester groups is 1. The Labute approximate surface area is 295 Å². The molecule has 3 atom stereocenters. The standard InChI is InChI=1S/C39H73N2O6P/c1-6-8-10-12-14-16-18-20-21-22-24-26-28-30-32-38(42)37(36-47-48(44,45)46-35-34-41(3,4)5)40-39(43)33-31-29-27-25-23-19-17-15-13-11-9-7-2/h15-18,22,24,30,32,37-38,42H,6-14,19-21,23,25-29,31,33-36H2,1-5H3,(H-,40,43,44,45)/p+1/b17-15-,18-16+,24-22+,32-30+. The number of allylic oxidation sites excluding steroid dienone is 7. The second-order valence-corrected chi connectivity index (χ2v) is 15.4. The summed E-state index contributed by atoms with van der Waals surface area (Å²) in [6.45, 7) is 4.69. The molecule has 0 radical (unpaired) electrons. The number of phosphoric acid groups is 1. The highest BCUT2D eigenvalue weighted by molar-refractivity contribution is 7.47. The van der Waals surface area contributed by atoms with Crippen molar-refractivity contribution >= 4 is 13.7 Å². The van der Waals surface area contributed by atoms with Crippen LogP contribution < -0.4 is 5.32 Å². The molecular weight excluding hydrogens is 623 g/mol. The molecule has 0 aliphatic heterocycles. The summed E-state index contributed by atoms with van der Waals surface area (Å²) in [4.78, 5) is 22.9. The zero-order valence-corrected chi connectivity index (χ0v) is 32.4. The van der Waals surface area contributed by atoms with Crippen LogP contribution in [0.25, 0.3) is 0 Å². The Morgan fingerprint density at radius 1 is 0.688 bits per heavy atom. The fraction of sp³-hybridized carbons (Fsp3) is 0.769. The maximum atomic E-state index is 12.8. The summed E-state index contributed by atoms with van der Waals surface area (Å²) < 4.78 is 23.4. The van der Waals surface area contributed by atoms with Gasteiger partial charge >= 0.3 is 7.82 Å². The van der Waals surface area contributed by atoms with E-state index in [1.54, 1.807) is 6.08 Å². The molecule has 0 spiro atoms. The molecule has 0 aromatic heterocycles. The second-order valence-electron chi connectivity index (χ2n) is 13.9. The summed E-state index contributed by atoms with van der Waals surface area (Å²) in [6.07, 6.45) is 37.5. The van der Waals surface area contributed by atoms with Crippen LogP contribution in [0.1, 0.15) is 142 Å². The van der Waals surface area contributed by atoms with Crippen molar-refractivity contribution in [1.29, 1.82) is 0 Å². The van der Waals surface area contributed by atoms with Crippen molar-refractivity contribution in [3.63, 3.8) is 0 Å². The minimum atomic E-state index is -4.34. The van der Waals surface area contributed by atoms with E-state index in [1.807, 2.05) is 27.2 Å². The summed E-state index contributed by atoms with van der Waals surface area (Å²) in [7, 11) is 1.53. The fourth-order valence-electron chi connectivity index (χ4n) is 4.89. The van der Waals surface area contributed by atoms with E-state index in [0.29, 0.717) is 17.4 Å². The van der Waals surface area contributed by atoms with Gasteiger partial charge in [-0.25, -0.2) is 4.57 Å². The number of nitrogens with one attached hydrogen (secondary N) is 1. The van der Waals surface area contributed by atoms with Gasteiger partial charge in [0.1, 0.15) is 13.2 Å². The Kier molecular flexibility index (Phi) is 30.4. The molecule has 0 saturated carbocycles. The van der Waals surface area contributed by atoms with E-state index in [-0.39, 0.29) is 19.1 Å². The van der Waals surface area contributed by atoms with Crippen LogP contribution in [-0.2, 0) is 18.4 Å². The minimum Gasteiger partial charge on any atom is -0.387 e. The van der Waals surface area contributed by atoms with Crippen LogP contribution in [0.3, 0.4) is 0 Å². The predicted octanol–water partition coefficient (Wildman–Crippen LogP) is 9.74. The third-order valence-electron chi connectivity index (χ3n) is 8.00. The Bertz CT molecular complexity index is 928. The van der Waals surface area contributed by atoms with Crippen molar-refractivity contribution < 1.29 is 32.9 Å². The van der Waals surface area contributed by atoms with Gasteiger partial charge in [-0.1, -0.05) is 114 Å². The number of amides is 1. The molecule has 9 heteroatoms. The summed E-state index contributed by atoms with van der Waals surface area (Å²) in [5.41, 5.74) is 0. The lowest BCUT2D eigenvalue weighted by molar-refractivity contribution is -0.870. The zero-order chi connectivity index (χ0) is 35.8. The number of aliphatic hydroxyl groups is 1. The summed E-state index contributed by atoms with van der Waals surface area (Å²) >= 11 is 0. The average Bonchev–Trinajstić information content (AvgIpc) is 3.02. The highest BCUT2D eigenvalue weighted by Gasteiger charge is 2.27. The van der Waals surface area contributed by atoms with Gasteiger partial charge in [0.2, 0.25) is 5.91 Å². The van der Waals surface area contributed by atoms with Crippen LogP contribution in [0.2, 0.25) is 0 Å². The molecule has 0 saturated heterocycles. The van der Waals surface area contributed by atoms with E-state index in [2.05, 4.69) is 55.6 Å². The Balaban J connectivity index is 4.66. The second kappa shape index (κ2) is 31.4. The molecule has 0 heterocycles. The lowest BCUT2D eigenvalue weighted by Crippen LogP contribution is -2.45. The smallest absolute Gasteiger partial charge is 0.387 e. The average molecular weight is 698 g/mol. The largest absolute Gasteiger partial charge is 0.472 e. The van der Waals surface area contributed by atoms with Crippen LogP contribution in [-0.4, -0.2) is 73.4 Å². The van der Waals surface area contributed by atoms with Gasteiger partial charge in [-0.3, -0.25) is 13.8 Å². The van der Waals surface area contributed by atoms with Gasteiger partial charge in [0.05, 0.1) is 39.9 Å². The third kappa shape index (κ3) is 33.0. The van der Waals surface area contributed by atoms with Crippen LogP contribution in [0.15, 0.2) is 48.6 Å². The highest BCUT2D eigenvalue weighted by atomic mass is 31.2. The molecule has 0 aliphatic carbocycles. The van der Waals surface area contributed by atoms with Crippen molar-refractivity contribution in [3.8, 4) is 0 Å². The van der Waals surface area contributed by atoms with Crippen molar-refractivity contribution in [2.24, 2.45) is 0 Å². The number of nitrogens with zero attached hydrogens (tertiary/aromatic N) is 1. The van der Waals surface area contributed by atoms with E-state index in [1.165, 1.54) is 64.2 Å². The lowest BCUT2D eigenvalue weighted by Gasteiger charge is -2.25. The number of unbranched alkanes of at least 4 members (excludes halogenated alkanes) is 14. The van der Waals surface area contributed by atoms with Crippen LogP contribution in [0, 0.1) is 0 Å². The number of likely N-dealkylation sites (N-methyl/N-ethyl adjacent to an activating group) is 1. The molecule has 1 amide bonds. The van der Waals surface area contributed by atoms with E-state index >= 15 is 0 Å². The van der Waals surface area contributed by atoms with Gasteiger partial charge in [0.25, 0.3) is 0 Å². The molecule has 0 fully saturated rings. The molecule has 0 rings (SSSR count). The SMILES string of the molecule is CCCCC/C=C\CCCCCCCC(=O)NC(COP(=O)(O)OCC[N+](C)(C)C)C(O)/C=C/CC/C=C/CC/C=C/CCCCCC. The van der Waals surface area contributed by atoms with Crippen molar-refractivity contribution in [2.75, 3.05) is 40.9 Å². The third-order valence-corrected chi connectivity index (χ3v) is 8.98. The predicted molar refractivity (Wildman–Crippen MR) is 203 cm³/mol. The Hall–Kier alpha value is -1.54. The van der Waals surface area contributed by atoms with Gasteiger partial charge in [-0.05, 0) is 70.6 Å². The highest BCUT2D eigenvalue weighted by Crippen LogP contribution is 2.43. The molecule has 0 bridgehead atoms. The maximum absolute atomic E-state index is 12.8. The summed E-state index contributed by atoms with van der Waals surface area (Å²) in [5, 5.41) is 13.7. The minimum absolute atomic E-state index is 0.0505. The number of quaternary nitrogens is 1. The number of carbonyl (C=O) groups is 1. The number of aliphatic hydroxyl groups excluding tert-OH is 1. The van der Waals surface area contributed by atoms with E-state index < -0.39 is 20.0 Å². The molecule has 0 aromatic rings. The van der Waals surface area contributed by atoms with Gasteiger partial charge in [-0.15, -0.1) is 0 Å². The number of rotatable bonds is 33. The number of carbonyl (C=O) groups excluding carboxylic acids is 1. The molecule has 3 N–H and O–H groups in total. The Morgan fingerprint density at radius 2 is 1.15 bits per heavy atom. The summed E-state index contributed by atoms with van der Waals surface area (Å²) in [6, 6.07) is -0.871. The number of hydrogen-bond donors (Lipinski definition) is 3. The molecule has 48 heavy (non-hydrogen) atoms. The first-order chi connectivity index (χ1) is 23.0. The van der Waals surface area contributed by atoms with Crippen molar-refractivity contribution in [1.82, 2.24) is 5.32 Å². The molecule has 280 valence electrons. The quantitative estimate of drug-likeness (QED) is 0.0273. The first-order valence-corrected chi connectivity index (χ1v) is 20.5. The Morgan fingerprint density at radius 3 is 1.71 bits per heavy atom. The number of hydrogen-bond acceptors (Lipinski definition) is 5. The molecule has 0 aromatic carbocycles. The molecule has 8 nitrogen and oxygen atoms in total.